The molecule has 2 fully saturated rings. The van der Waals surface area contributed by atoms with Gasteiger partial charge in [0.1, 0.15) is 17.6 Å². The summed E-state index contributed by atoms with van der Waals surface area (Å²) >= 11 is 0. The highest BCUT2D eigenvalue weighted by Gasteiger charge is 2.27. The largest absolute Gasteiger partial charge is 0.464 e. The second-order valence-corrected chi connectivity index (χ2v) is 9.97. The molecule has 4 rings (SSSR count). The van der Waals surface area contributed by atoms with E-state index in [0.717, 1.165) is 64.7 Å². The fraction of sp³-hybridized carbons (Fsp3) is 0.731. The third-order valence-electron chi connectivity index (χ3n) is 7.14. The van der Waals surface area contributed by atoms with Crippen LogP contribution in [0, 0.1) is 0 Å². The predicted octanol–water partition coefficient (Wildman–Crippen LogP) is 0.553. The number of piperidine rings is 2. The molecule has 0 aliphatic carbocycles. The zero-order valence-electron chi connectivity index (χ0n) is 23.0. The molecule has 0 amide bonds. The molecule has 0 radical (unpaired) electrons. The quantitative estimate of drug-likeness (QED) is 0.300. The number of carbonyl (C=O) groups is 1. The van der Waals surface area contributed by atoms with Gasteiger partial charge < -0.3 is 39.7 Å². The molecule has 2 aromatic heterocycles. The molecule has 3 N–H and O–H groups in total. The number of rotatable bonds is 13. The van der Waals surface area contributed by atoms with Gasteiger partial charge in [0.25, 0.3) is 0 Å². The third-order valence-corrected chi connectivity index (χ3v) is 7.14. The summed E-state index contributed by atoms with van der Waals surface area (Å²) < 4.78 is 5.17. The second kappa shape index (κ2) is 14.4. The van der Waals surface area contributed by atoms with Gasteiger partial charge in [0.05, 0.1) is 26.4 Å². The van der Waals surface area contributed by atoms with E-state index in [1.54, 1.807) is 4.90 Å². The van der Waals surface area contributed by atoms with Crippen LogP contribution in [0.4, 0.5) is 23.5 Å². The van der Waals surface area contributed by atoms with Gasteiger partial charge in [-0.2, -0.15) is 9.97 Å². The van der Waals surface area contributed by atoms with E-state index in [1.807, 2.05) is 4.90 Å². The molecular formula is C26H42N8O5. The summed E-state index contributed by atoms with van der Waals surface area (Å²) in [7, 11) is 0. The average Bonchev–Trinajstić information content (AvgIpc) is 2.96. The van der Waals surface area contributed by atoms with Crippen LogP contribution >= 0.6 is 0 Å². The van der Waals surface area contributed by atoms with Crippen molar-refractivity contribution in [2.45, 2.75) is 45.4 Å². The van der Waals surface area contributed by atoms with E-state index in [2.05, 4.69) is 9.80 Å². The molecule has 0 bridgehead atoms. The van der Waals surface area contributed by atoms with Crippen molar-refractivity contribution < 1.29 is 24.9 Å². The van der Waals surface area contributed by atoms with Crippen LogP contribution in [0.3, 0.4) is 0 Å². The van der Waals surface area contributed by atoms with Crippen molar-refractivity contribution in [3.05, 3.63) is 0 Å². The van der Waals surface area contributed by atoms with Gasteiger partial charge >= 0.3 is 5.97 Å². The van der Waals surface area contributed by atoms with Crippen LogP contribution in [-0.2, 0) is 9.53 Å². The number of fused-ring (bicyclic) bond motifs is 1. The van der Waals surface area contributed by atoms with Crippen LogP contribution in [0.1, 0.15) is 45.4 Å². The smallest absolute Gasteiger partial charge is 0.302 e. The molecule has 4 heterocycles. The number of hydrogen-bond donors (Lipinski definition) is 3. The zero-order chi connectivity index (χ0) is 27.6. The summed E-state index contributed by atoms with van der Waals surface area (Å²) in [6, 6.07) is 0. The number of hydrogen-bond acceptors (Lipinski definition) is 13. The Hall–Kier alpha value is -3.03. The molecule has 2 aromatic rings. The first-order valence-corrected chi connectivity index (χ1v) is 14.1. The van der Waals surface area contributed by atoms with Crippen LogP contribution in [-0.4, -0.2) is 120 Å². The van der Waals surface area contributed by atoms with Crippen molar-refractivity contribution in [1.29, 1.82) is 0 Å². The summed E-state index contributed by atoms with van der Waals surface area (Å²) in [5.41, 5.74) is 1.27. The third kappa shape index (κ3) is 7.34. The van der Waals surface area contributed by atoms with Crippen LogP contribution in [0.5, 0.6) is 0 Å². The van der Waals surface area contributed by atoms with Crippen molar-refractivity contribution in [2.24, 2.45) is 0 Å². The van der Waals surface area contributed by atoms with Gasteiger partial charge in [0.15, 0.2) is 11.6 Å². The summed E-state index contributed by atoms with van der Waals surface area (Å²) in [5.74, 6) is 1.92. The fourth-order valence-electron chi connectivity index (χ4n) is 5.18. The summed E-state index contributed by atoms with van der Waals surface area (Å²) in [5, 5.41) is 29.2. The molecule has 0 spiro atoms. The van der Waals surface area contributed by atoms with Crippen LogP contribution in [0.2, 0.25) is 0 Å². The first kappa shape index (κ1) is 29.0. The van der Waals surface area contributed by atoms with E-state index < -0.39 is 0 Å². The van der Waals surface area contributed by atoms with Crippen molar-refractivity contribution in [1.82, 2.24) is 19.9 Å². The summed E-state index contributed by atoms with van der Waals surface area (Å²) in [6.45, 7) is 5.82. The lowest BCUT2D eigenvalue weighted by Crippen LogP contribution is -2.36. The Morgan fingerprint density at radius 2 is 1.10 bits per heavy atom. The Kier molecular flexibility index (Phi) is 10.7. The number of aliphatic hydroxyl groups excluding tert-OH is 3. The van der Waals surface area contributed by atoms with Gasteiger partial charge in [-0.05, 0) is 38.5 Å². The van der Waals surface area contributed by atoms with Crippen molar-refractivity contribution in [3.8, 4) is 0 Å². The zero-order valence-corrected chi connectivity index (χ0v) is 23.0. The Labute approximate surface area is 229 Å². The van der Waals surface area contributed by atoms with E-state index in [1.165, 1.54) is 6.92 Å². The lowest BCUT2D eigenvalue weighted by molar-refractivity contribution is -0.140. The average molecular weight is 547 g/mol. The fourth-order valence-corrected chi connectivity index (χ4v) is 5.18. The van der Waals surface area contributed by atoms with E-state index in [0.29, 0.717) is 54.2 Å². The van der Waals surface area contributed by atoms with Gasteiger partial charge in [-0.15, -0.1) is 0 Å². The number of aromatic nitrogens is 4. The van der Waals surface area contributed by atoms with Gasteiger partial charge in [-0.1, -0.05) is 0 Å². The number of nitrogens with zero attached hydrogens (tertiary/aromatic N) is 8. The van der Waals surface area contributed by atoms with E-state index in [9.17, 15) is 20.1 Å². The highest BCUT2D eigenvalue weighted by molar-refractivity contribution is 5.95. The molecular weight excluding hydrogens is 504 g/mol. The lowest BCUT2D eigenvalue weighted by atomic mass is 10.1. The molecule has 2 saturated heterocycles. The topological polar surface area (TPSA) is 152 Å². The Balaban J connectivity index is 1.89. The normalized spacial score (nSPS) is 16.0. The molecule has 0 atom stereocenters. The Bertz CT molecular complexity index is 1070. The predicted molar refractivity (Wildman–Crippen MR) is 150 cm³/mol. The van der Waals surface area contributed by atoms with Gasteiger partial charge in [0, 0.05) is 52.7 Å². The molecule has 0 saturated carbocycles. The van der Waals surface area contributed by atoms with E-state index >= 15 is 0 Å². The molecule has 216 valence electrons. The van der Waals surface area contributed by atoms with Crippen molar-refractivity contribution in [3.63, 3.8) is 0 Å². The molecule has 13 heteroatoms. The number of anilines is 4. The molecule has 2 aliphatic rings. The highest BCUT2D eigenvalue weighted by atomic mass is 16.5. The van der Waals surface area contributed by atoms with Gasteiger partial charge in [-0.25, -0.2) is 9.97 Å². The van der Waals surface area contributed by atoms with Crippen LogP contribution < -0.4 is 19.6 Å². The van der Waals surface area contributed by atoms with E-state index in [4.69, 9.17) is 24.7 Å². The Morgan fingerprint density at radius 3 is 1.49 bits per heavy atom. The second-order valence-electron chi connectivity index (χ2n) is 9.97. The van der Waals surface area contributed by atoms with Crippen LogP contribution in [0.15, 0.2) is 0 Å². The molecule has 2 aliphatic heterocycles. The van der Waals surface area contributed by atoms with E-state index in [-0.39, 0.29) is 38.9 Å². The van der Waals surface area contributed by atoms with Crippen molar-refractivity contribution in [2.75, 3.05) is 98.4 Å². The molecule has 0 unspecified atom stereocenters. The molecule has 39 heavy (non-hydrogen) atoms. The monoisotopic (exact) mass is 546 g/mol. The molecule has 0 aromatic carbocycles. The number of aliphatic hydroxyl groups is 3. The number of carbonyl (C=O) groups excluding carboxylic acids is 1. The first-order valence-electron chi connectivity index (χ1n) is 14.1. The first-order chi connectivity index (χ1) is 19.0. The minimum Gasteiger partial charge on any atom is -0.464 e. The van der Waals surface area contributed by atoms with Gasteiger partial charge in [-0.3, -0.25) is 4.79 Å². The maximum absolute atomic E-state index is 11.4. The number of ether oxygens (including phenoxy) is 1. The SMILES string of the molecule is CC(=O)OCCN(CCO)c1nc(N2CCCCC2)c2nc(N(CCO)CCO)nc(N3CCCCC3)c2n1. The minimum atomic E-state index is -0.365. The van der Waals surface area contributed by atoms with Gasteiger partial charge in [0.2, 0.25) is 11.9 Å². The standard InChI is InChI=1S/C26H42N8O5/c1-20(38)39-19-15-34(14-18-37)26-28-22-21(24(30-26)32-10-6-3-7-11-32)27-25(33(12-16-35)13-17-36)29-23(22)31-8-4-2-5-9-31/h35-37H,2-19H2,1H3. The minimum absolute atomic E-state index is 0.0900. The maximum Gasteiger partial charge on any atom is 0.302 e. The Morgan fingerprint density at radius 1 is 0.692 bits per heavy atom. The number of esters is 1. The molecule has 13 nitrogen and oxygen atoms in total. The lowest BCUT2D eigenvalue weighted by Gasteiger charge is -2.33. The highest BCUT2D eigenvalue weighted by Crippen LogP contribution is 2.34. The van der Waals surface area contributed by atoms with Crippen molar-refractivity contribution >= 4 is 40.5 Å². The summed E-state index contributed by atoms with van der Waals surface area (Å²) in [4.78, 5) is 39.3. The maximum atomic E-state index is 11.4. The summed E-state index contributed by atoms with van der Waals surface area (Å²) in [6.07, 6.45) is 6.51. The van der Waals surface area contributed by atoms with Crippen LogP contribution in [0.25, 0.3) is 11.0 Å².